The van der Waals surface area contributed by atoms with Crippen molar-refractivity contribution in [2.45, 2.75) is 13.8 Å². The molecule has 33 heavy (non-hydrogen) atoms. The van der Waals surface area contributed by atoms with E-state index in [4.69, 9.17) is 11.6 Å². The van der Waals surface area contributed by atoms with E-state index < -0.39 is 0 Å². The molecule has 3 amide bonds. The highest BCUT2D eigenvalue weighted by molar-refractivity contribution is 6.30. The van der Waals surface area contributed by atoms with Gasteiger partial charge in [0.15, 0.2) is 0 Å². The average molecular weight is 465 g/mol. The van der Waals surface area contributed by atoms with Crippen molar-refractivity contribution in [3.05, 3.63) is 88.4 Å². The fraction of sp³-hybridized carbons (Fsp3) is 0.160. The molecule has 3 rings (SSSR count). The van der Waals surface area contributed by atoms with Crippen molar-refractivity contribution in [3.8, 4) is 0 Å². The van der Waals surface area contributed by atoms with Crippen LogP contribution in [0.15, 0.2) is 66.7 Å². The first-order valence-electron chi connectivity index (χ1n) is 10.4. The molecule has 0 unspecified atom stereocenters. The van der Waals surface area contributed by atoms with Gasteiger partial charge in [0, 0.05) is 22.1 Å². The maximum Gasteiger partial charge on any atom is 0.257 e. The molecule has 0 fully saturated rings. The highest BCUT2D eigenvalue weighted by Crippen LogP contribution is 2.20. The molecule has 0 aliphatic rings. The number of carbonyl (C=O) groups excluding carboxylic acids is 3. The Kier molecular flexibility index (Phi) is 8.05. The fourth-order valence-corrected chi connectivity index (χ4v) is 3.31. The molecule has 0 spiro atoms. The Morgan fingerprint density at radius 3 is 2.12 bits per heavy atom. The zero-order valence-corrected chi connectivity index (χ0v) is 19.1. The summed E-state index contributed by atoms with van der Waals surface area (Å²) < 4.78 is 0. The molecule has 0 radical (unpaired) electrons. The van der Waals surface area contributed by atoms with E-state index in [1.807, 2.05) is 32.0 Å². The van der Waals surface area contributed by atoms with Crippen LogP contribution in [0, 0.1) is 13.8 Å². The minimum absolute atomic E-state index is 0.0953. The molecule has 0 aromatic heterocycles. The van der Waals surface area contributed by atoms with Crippen molar-refractivity contribution in [2.75, 3.05) is 29.0 Å². The van der Waals surface area contributed by atoms with E-state index >= 15 is 0 Å². The van der Waals surface area contributed by atoms with Crippen molar-refractivity contribution in [2.24, 2.45) is 0 Å². The summed E-state index contributed by atoms with van der Waals surface area (Å²) in [5.74, 6) is -1.02. The summed E-state index contributed by atoms with van der Waals surface area (Å²) in [6.07, 6.45) is 0. The second-order valence-corrected chi connectivity index (χ2v) is 7.89. The van der Waals surface area contributed by atoms with Gasteiger partial charge in [-0.25, -0.2) is 0 Å². The highest BCUT2D eigenvalue weighted by Gasteiger charge is 2.13. The third-order valence-electron chi connectivity index (χ3n) is 4.90. The lowest BCUT2D eigenvalue weighted by atomic mass is 10.1. The molecule has 170 valence electrons. The Morgan fingerprint density at radius 1 is 0.758 bits per heavy atom. The van der Waals surface area contributed by atoms with E-state index in [2.05, 4.69) is 21.3 Å². The number of hydrogen-bond donors (Lipinski definition) is 4. The number of carbonyl (C=O) groups is 3. The molecule has 0 bridgehead atoms. The lowest BCUT2D eigenvalue weighted by molar-refractivity contribution is -0.122. The smallest absolute Gasteiger partial charge is 0.257 e. The molecule has 0 aliphatic heterocycles. The molecule has 4 N–H and O–H groups in total. The van der Waals surface area contributed by atoms with Gasteiger partial charge in [0.05, 0.1) is 18.7 Å². The number of amides is 3. The summed E-state index contributed by atoms with van der Waals surface area (Å²) >= 11 is 5.88. The summed E-state index contributed by atoms with van der Waals surface area (Å²) in [6.45, 7) is 3.56. The van der Waals surface area contributed by atoms with Gasteiger partial charge in [-0.1, -0.05) is 41.9 Å². The van der Waals surface area contributed by atoms with E-state index in [1.54, 1.807) is 48.5 Å². The number of rotatable bonds is 8. The largest absolute Gasteiger partial charge is 0.376 e. The summed E-state index contributed by atoms with van der Waals surface area (Å²) in [7, 11) is 0. The van der Waals surface area contributed by atoms with E-state index in [1.165, 1.54) is 0 Å². The van der Waals surface area contributed by atoms with Crippen LogP contribution in [0.4, 0.5) is 17.1 Å². The van der Waals surface area contributed by atoms with Crippen LogP contribution in [0.1, 0.15) is 21.5 Å². The Balaban J connectivity index is 1.52. The summed E-state index contributed by atoms with van der Waals surface area (Å²) in [4.78, 5) is 37.1. The lowest BCUT2D eigenvalue weighted by Crippen LogP contribution is -2.36. The number of aryl methyl sites for hydroxylation is 2. The fourth-order valence-electron chi connectivity index (χ4n) is 3.18. The Labute approximate surface area is 197 Å². The van der Waals surface area contributed by atoms with Gasteiger partial charge in [-0.05, 0) is 61.4 Å². The first kappa shape index (κ1) is 23.8. The monoisotopic (exact) mass is 464 g/mol. The van der Waals surface area contributed by atoms with Crippen LogP contribution >= 0.6 is 11.6 Å². The molecule has 0 saturated carbocycles. The molecule has 0 heterocycles. The summed E-state index contributed by atoms with van der Waals surface area (Å²) in [5, 5.41) is 11.7. The number of hydrogen-bond acceptors (Lipinski definition) is 4. The van der Waals surface area contributed by atoms with E-state index in [-0.39, 0.29) is 30.8 Å². The SMILES string of the molecule is Cc1cccc(C)c1NC(=O)CNC(=O)CNc1ccccc1C(=O)Nc1ccc(Cl)cc1. The van der Waals surface area contributed by atoms with Gasteiger partial charge in [0.25, 0.3) is 5.91 Å². The van der Waals surface area contributed by atoms with Gasteiger partial charge >= 0.3 is 0 Å². The molecular formula is C25H25ClN4O3. The number of para-hydroxylation sites is 2. The van der Waals surface area contributed by atoms with Crippen molar-refractivity contribution < 1.29 is 14.4 Å². The zero-order chi connectivity index (χ0) is 23.8. The quantitative estimate of drug-likeness (QED) is 0.397. The van der Waals surface area contributed by atoms with Crippen molar-refractivity contribution in [1.82, 2.24) is 5.32 Å². The lowest BCUT2D eigenvalue weighted by Gasteiger charge is -2.13. The molecule has 0 atom stereocenters. The van der Waals surface area contributed by atoms with Gasteiger partial charge in [-0.2, -0.15) is 0 Å². The van der Waals surface area contributed by atoms with Crippen LogP contribution in [-0.4, -0.2) is 30.8 Å². The number of benzene rings is 3. The van der Waals surface area contributed by atoms with Crippen LogP contribution in [-0.2, 0) is 9.59 Å². The van der Waals surface area contributed by atoms with Gasteiger partial charge < -0.3 is 21.3 Å². The molecular weight excluding hydrogens is 440 g/mol. The third-order valence-corrected chi connectivity index (χ3v) is 5.16. The summed E-state index contributed by atoms with van der Waals surface area (Å²) in [5.41, 5.74) is 4.13. The minimum atomic E-state index is -0.375. The predicted octanol–water partition coefficient (Wildman–Crippen LogP) is 4.38. The Morgan fingerprint density at radius 2 is 1.42 bits per heavy atom. The zero-order valence-electron chi connectivity index (χ0n) is 18.4. The first-order chi connectivity index (χ1) is 15.8. The van der Waals surface area contributed by atoms with Gasteiger partial charge in [0.2, 0.25) is 11.8 Å². The van der Waals surface area contributed by atoms with Crippen LogP contribution < -0.4 is 21.3 Å². The predicted molar refractivity (Wildman–Crippen MR) is 132 cm³/mol. The second kappa shape index (κ2) is 11.2. The van der Waals surface area contributed by atoms with Gasteiger partial charge in [-0.3, -0.25) is 14.4 Å². The summed E-state index contributed by atoms with van der Waals surface area (Å²) in [6, 6.07) is 19.4. The molecule has 8 heteroatoms. The maximum absolute atomic E-state index is 12.7. The first-order valence-corrected chi connectivity index (χ1v) is 10.7. The van der Waals surface area contributed by atoms with Gasteiger partial charge in [0.1, 0.15) is 0 Å². The number of halogens is 1. The third kappa shape index (κ3) is 6.82. The van der Waals surface area contributed by atoms with Crippen molar-refractivity contribution in [1.29, 1.82) is 0 Å². The highest BCUT2D eigenvalue weighted by atomic mass is 35.5. The van der Waals surface area contributed by atoms with Crippen LogP contribution in [0.5, 0.6) is 0 Å². The molecule has 7 nitrogen and oxygen atoms in total. The normalized spacial score (nSPS) is 10.3. The minimum Gasteiger partial charge on any atom is -0.376 e. The van der Waals surface area contributed by atoms with E-state index in [0.29, 0.717) is 22.0 Å². The number of nitrogens with one attached hydrogen (secondary N) is 4. The standard InChI is InChI=1S/C25H25ClN4O3/c1-16-6-5-7-17(2)24(16)30-23(32)15-28-22(31)14-27-21-9-4-3-8-20(21)25(33)29-19-12-10-18(26)11-13-19/h3-13,27H,14-15H2,1-2H3,(H,28,31)(H,29,33)(H,30,32). The molecule has 0 saturated heterocycles. The second-order valence-electron chi connectivity index (χ2n) is 7.45. The van der Waals surface area contributed by atoms with Crippen LogP contribution in [0.2, 0.25) is 5.02 Å². The maximum atomic E-state index is 12.7. The Bertz CT molecular complexity index is 1140. The van der Waals surface area contributed by atoms with Crippen molar-refractivity contribution in [3.63, 3.8) is 0 Å². The van der Waals surface area contributed by atoms with Crippen LogP contribution in [0.3, 0.4) is 0 Å². The average Bonchev–Trinajstić information content (AvgIpc) is 2.80. The van der Waals surface area contributed by atoms with E-state index in [0.717, 1.165) is 16.8 Å². The topological polar surface area (TPSA) is 99.3 Å². The Hall–Kier alpha value is -3.84. The van der Waals surface area contributed by atoms with E-state index in [9.17, 15) is 14.4 Å². The number of anilines is 3. The molecule has 3 aromatic rings. The molecule has 3 aromatic carbocycles. The van der Waals surface area contributed by atoms with Gasteiger partial charge in [-0.15, -0.1) is 0 Å². The van der Waals surface area contributed by atoms with Crippen molar-refractivity contribution >= 4 is 46.4 Å². The van der Waals surface area contributed by atoms with Crippen LogP contribution in [0.25, 0.3) is 0 Å². The molecule has 0 aliphatic carbocycles.